The van der Waals surface area contributed by atoms with Crippen LogP contribution < -0.4 is 11.1 Å². The summed E-state index contributed by atoms with van der Waals surface area (Å²) in [6, 6.07) is 3.32. The first-order valence-electron chi connectivity index (χ1n) is 5.08. The van der Waals surface area contributed by atoms with E-state index in [1.54, 1.807) is 6.07 Å². The third kappa shape index (κ3) is 4.42. The van der Waals surface area contributed by atoms with Crippen LogP contribution in [0.4, 0.5) is 4.39 Å². The number of halogens is 2. The highest BCUT2D eigenvalue weighted by Gasteiger charge is 2.19. The topological polar surface area (TPSA) is 92.4 Å². The first-order chi connectivity index (χ1) is 8.40. The zero-order valence-electron chi connectivity index (χ0n) is 9.32. The molecule has 0 aliphatic heterocycles. The van der Waals surface area contributed by atoms with E-state index in [-0.39, 0.29) is 13.0 Å². The minimum atomic E-state index is -1.20. The van der Waals surface area contributed by atoms with Crippen LogP contribution in [0.15, 0.2) is 22.7 Å². The summed E-state index contributed by atoms with van der Waals surface area (Å²) >= 11 is 3.12. The molecule has 0 spiro atoms. The van der Waals surface area contributed by atoms with Crippen LogP contribution in [-0.4, -0.2) is 23.0 Å². The highest BCUT2D eigenvalue weighted by Crippen LogP contribution is 2.15. The second-order valence-electron chi connectivity index (χ2n) is 3.68. The summed E-state index contributed by atoms with van der Waals surface area (Å²) in [6.45, 7) is 0.00333. The molecule has 0 aliphatic rings. The number of hydrogen-bond donors (Lipinski definition) is 3. The Morgan fingerprint density at radius 2 is 2.17 bits per heavy atom. The molecule has 0 aromatic heterocycles. The summed E-state index contributed by atoms with van der Waals surface area (Å²) < 4.78 is 14.0. The van der Waals surface area contributed by atoms with Gasteiger partial charge in [-0.25, -0.2) is 4.39 Å². The molecule has 1 atom stereocenters. The zero-order valence-corrected chi connectivity index (χ0v) is 10.9. The molecular formula is C11H12BrFN2O3. The maximum absolute atomic E-state index is 13.5. The van der Waals surface area contributed by atoms with Gasteiger partial charge >= 0.3 is 5.97 Å². The van der Waals surface area contributed by atoms with Crippen LogP contribution in [0.2, 0.25) is 0 Å². The minimum absolute atomic E-state index is 0.00333. The largest absolute Gasteiger partial charge is 0.480 e. The van der Waals surface area contributed by atoms with Crippen LogP contribution >= 0.6 is 15.9 Å². The lowest BCUT2D eigenvalue weighted by Gasteiger charge is -2.13. The predicted octanol–water partition coefficient (Wildman–Crippen LogP) is 1.01. The molecule has 0 aliphatic carbocycles. The molecule has 0 bridgehead atoms. The minimum Gasteiger partial charge on any atom is -0.480 e. The first kappa shape index (κ1) is 14.6. The second kappa shape index (κ2) is 6.46. The zero-order chi connectivity index (χ0) is 13.7. The third-order valence-electron chi connectivity index (χ3n) is 2.26. The van der Waals surface area contributed by atoms with E-state index in [0.717, 1.165) is 0 Å². The quantitative estimate of drug-likeness (QED) is 0.729. The van der Waals surface area contributed by atoms with Crippen molar-refractivity contribution in [1.82, 2.24) is 5.32 Å². The smallest absolute Gasteiger partial charge is 0.321 e. The Morgan fingerprint density at radius 1 is 1.50 bits per heavy atom. The van der Waals surface area contributed by atoms with Gasteiger partial charge in [0.1, 0.15) is 11.9 Å². The van der Waals surface area contributed by atoms with Crippen molar-refractivity contribution in [3.63, 3.8) is 0 Å². The van der Waals surface area contributed by atoms with Crippen LogP contribution in [-0.2, 0) is 16.1 Å². The predicted molar refractivity (Wildman–Crippen MR) is 66.2 cm³/mol. The molecule has 7 heteroatoms. The summed E-state index contributed by atoms with van der Waals surface area (Å²) in [4.78, 5) is 21.5. The Bertz CT molecular complexity index is 468. The van der Waals surface area contributed by atoms with Crippen molar-refractivity contribution >= 4 is 27.8 Å². The first-order valence-corrected chi connectivity index (χ1v) is 5.88. The number of carboxylic acids is 1. The van der Waals surface area contributed by atoms with Gasteiger partial charge in [0.15, 0.2) is 0 Å². The van der Waals surface area contributed by atoms with Gasteiger partial charge in [-0.2, -0.15) is 0 Å². The SMILES string of the molecule is NC(=O)CC(NCc1ccc(Br)cc1F)C(=O)O. The van der Waals surface area contributed by atoms with Gasteiger partial charge in [0.25, 0.3) is 0 Å². The monoisotopic (exact) mass is 318 g/mol. The number of nitrogens with two attached hydrogens (primary N) is 1. The molecule has 1 rings (SSSR count). The molecule has 0 radical (unpaired) electrons. The lowest BCUT2D eigenvalue weighted by atomic mass is 10.1. The number of nitrogens with one attached hydrogen (secondary N) is 1. The number of carbonyl (C=O) groups excluding carboxylic acids is 1. The molecule has 98 valence electrons. The Morgan fingerprint density at radius 3 is 2.67 bits per heavy atom. The van der Waals surface area contributed by atoms with Crippen molar-refractivity contribution in [2.75, 3.05) is 0 Å². The summed E-state index contributed by atoms with van der Waals surface area (Å²) in [7, 11) is 0. The maximum Gasteiger partial charge on any atom is 0.321 e. The van der Waals surface area contributed by atoms with E-state index in [4.69, 9.17) is 10.8 Å². The molecule has 18 heavy (non-hydrogen) atoms. The van der Waals surface area contributed by atoms with E-state index in [0.29, 0.717) is 10.0 Å². The third-order valence-corrected chi connectivity index (χ3v) is 2.75. The van der Waals surface area contributed by atoms with Crippen molar-refractivity contribution in [2.24, 2.45) is 5.73 Å². The molecule has 0 heterocycles. The van der Waals surface area contributed by atoms with Gasteiger partial charge in [0, 0.05) is 16.6 Å². The summed E-state index contributed by atoms with van der Waals surface area (Å²) in [5.74, 6) is -2.39. The second-order valence-corrected chi connectivity index (χ2v) is 4.59. The Hall–Kier alpha value is -1.47. The lowest BCUT2D eigenvalue weighted by Crippen LogP contribution is -2.39. The number of benzene rings is 1. The highest BCUT2D eigenvalue weighted by atomic mass is 79.9. The number of aliphatic carboxylic acids is 1. The van der Waals surface area contributed by atoms with E-state index >= 15 is 0 Å². The van der Waals surface area contributed by atoms with Crippen LogP contribution in [0.3, 0.4) is 0 Å². The Labute approximate surface area is 111 Å². The molecule has 4 N–H and O–H groups in total. The van der Waals surface area contributed by atoms with E-state index < -0.39 is 23.7 Å². The van der Waals surface area contributed by atoms with Crippen molar-refractivity contribution in [3.05, 3.63) is 34.1 Å². The summed E-state index contributed by atoms with van der Waals surface area (Å²) in [5, 5.41) is 11.4. The average Bonchev–Trinajstić information content (AvgIpc) is 2.25. The fourth-order valence-corrected chi connectivity index (χ4v) is 1.68. The number of carbonyl (C=O) groups is 2. The number of rotatable bonds is 6. The van der Waals surface area contributed by atoms with Gasteiger partial charge in [-0.15, -0.1) is 0 Å². The van der Waals surface area contributed by atoms with E-state index in [1.165, 1.54) is 12.1 Å². The molecule has 1 unspecified atom stereocenters. The average molecular weight is 319 g/mol. The van der Waals surface area contributed by atoms with E-state index in [9.17, 15) is 14.0 Å². The van der Waals surface area contributed by atoms with Gasteiger partial charge in [0.05, 0.1) is 6.42 Å². The van der Waals surface area contributed by atoms with Gasteiger partial charge in [-0.1, -0.05) is 22.0 Å². The lowest BCUT2D eigenvalue weighted by molar-refractivity contribution is -0.141. The van der Waals surface area contributed by atoms with Gasteiger partial charge in [-0.3, -0.25) is 14.9 Å². The Kier molecular flexibility index (Phi) is 5.24. The van der Waals surface area contributed by atoms with Crippen molar-refractivity contribution in [3.8, 4) is 0 Å². The van der Waals surface area contributed by atoms with Crippen molar-refractivity contribution < 1.29 is 19.1 Å². The van der Waals surface area contributed by atoms with Gasteiger partial charge in [-0.05, 0) is 12.1 Å². The highest BCUT2D eigenvalue weighted by molar-refractivity contribution is 9.10. The van der Waals surface area contributed by atoms with Crippen molar-refractivity contribution in [1.29, 1.82) is 0 Å². The van der Waals surface area contributed by atoms with E-state index in [1.807, 2.05) is 0 Å². The molecule has 1 amide bonds. The van der Waals surface area contributed by atoms with Crippen LogP contribution in [0.25, 0.3) is 0 Å². The molecule has 0 saturated carbocycles. The fourth-order valence-electron chi connectivity index (χ4n) is 1.35. The molecule has 1 aromatic rings. The number of primary amides is 1. The van der Waals surface area contributed by atoms with Crippen LogP contribution in [0.5, 0.6) is 0 Å². The van der Waals surface area contributed by atoms with Crippen LogP contribution in [0.1, 0.15) is 12.0 Å². The standard InChI is InChI=1S/C11H12BrFN2O3/c12-7-2-1-6(8(13)3-7)5-15-9(11(17)18)4-10(14)16/h1-3,9,15H,4-5H2,(H2,14,16)(H,17,18). The van der Waals surface area contributed by atoms with E-state index in [2.05, 4.69) is 21.2 Å². The van der Waals surface area contributed by atoms with Gasteiger partial charge in [0.2, 0.25) is 5.91 Å². The van der Waals surface area contributed by atoms with Crippen LogP contribution in [0, 0.1) is 5.82 Å². The fraction of sp³-hybridized carbons (Fsp3) is 0.273. The number of carboxylic acid groups (broad SMARTS) is 1. The number of amides is 1. The summed E-state index contributed by atoms with van der Waals surface area (Å²) in [6.07, 6.45) is -0.340. The molecular weight excluding hydrogens is 307 g/mol. The Balaban J connectivity index is 2.66. The number of hydrogen-bond acceptors (Lipinski definition) is 3. The molecule has 0 saturated heterocycles. The summed E-state index contributed by atoms with van der Waals surface area (Å²) in [5.41, 5.74) is 5.24. The van der Waals surface area contributed by atoms with Crippen molar-refractivity contribution in [2.45, 2.75) is 19.0 Å². The molecule has 1 aromatic carbocycles. The molecule has 5 nitrogen and oxygen atoms in total. The maximum atomic E-state index is 13.5. The normalized spacial score (nSPS) is 12.1. The molecule has 0 fully saturated rings. The van der Waals surface area contributed by atoms with Gasteiger partial charge < -0.3 is 10.8 Å².